The van der Waals surface area contributed by atoms with E-state index in [2.05, 4.69) is 25.9 Å². The monoisotopic (exact) mass is 479 g/mol. The van der Waals surface area contributed by atoms with Crippen molar-refractivity contribution in [3.05, 3.63) is 46.9 Å². The summed E-state index contributed by atoms with van der Waals surface area (Å²) in [4.78, 5) is 22.6. The lowest BCUT2D eigenvalue weighted by Crippen LogP contribution is -2.64. The van der Waals surface area contributed by atoms with E-state index in [9.17, 15) is 9.18 Å². The van der Waals surface area contributed by atoms with Gasteiger partial charge in [0.15, 0.2) is 17.5 Å². The number of nitrogens with zero attached hydrogens (tertiary/aromatic N) is 3. The average Bonchev–Trinajstić information content (AvgIpc) is 3.22. The van der Waals surface area contributed by atoms with Gasteiger partial charge in [-0.25, -0.2) is 19.2 Å². The van der Waals surface area contributed by atoms with Crippen LogP contribution in [0.2, 0.25) is 0 Å². The van der Waals surface area contributed by atoms with Gasteiger partial charge in [0.2, 0.25) is 0 Å². The van der Waals surface area contributed by atoms with Crippen LogP contribution in [0.1, 0.15) is 25.1 Å². The number of anilines is 1. The predicted octanol–water partition coefficient (Wildman–Crippen LogP) is 1.83. The molecule has 1 unspecified atom stereocenters. The summed E-state index contributed by atoms with van der Waals surface area (Å²) in [5.41, 5.74) is 7.08. The number of aromatic nitrogens is 2. The number of hydrogen-bond donors (Lipinski definition) is 4. The summed E-state index contributed by atoms with van der Waals surface area (Å²) in [6.07, 6.45) is 7.88. The lowest BCUT2D eigenvalue weighted by molar-refractivity contribution is 0.0236. The van der Waals surface area contributed by atoms with Crippen molar-refractivity contribution in [2.24, 2.45) is 5.73 Å². The molecule has 33 heavy (non-hydrogen) atoms. The maximum atomic E-state index is 14.6. The normalized spacial score (nSPS) is 24.1. The lowest BCUT2D eigenvalue weighted by Gasteiger charge is -2.43. The van der Waals surface area contributed by atoms with Crippen LogP contribution in [0.15, 0.2) is 35.3 Å². The molecular formula is C21H27ClFN7O3. The van der Waals surface area contributed by atoms with Crippen molar-refractivity contribution in [2.45, 2.75) is 31.1 Å². The smallest absolute Gasteiger partial charge is 0.411 e. The molecule has 0 saturated carbocycles. The number of dihydropyridines is 1. The first-order valence-electron chi connectivity index (χ1n) is 10.7. The second-order valence-electron chi connectivity index (χ2n) is 8.02. The van der Waals surface area contributed by atoms with Crippen molar-refractivity contribution in [3.8, 4) is 0 Å². The van der Waals surface area contributed by atoms with E-state index in [1.54, 1.807) is 18.5 Å². The molecule has 0 bridgehead atoms. The Kier molecular flexibility index (Phi) is 7.01. The maximum absolute atomic E-state index is 14.6. The van der Waals surface area contributed by atoms with Crippen LogP contribution < -0.4 is 21.7 Å². The molecule has 1 aromatic rings. The Hall–Kier alpha value is -2.89. The predicted molar refractivity (Wildman–Crippen MR) is 121 cm³/mol. The van der Waals surface area contributed by atoms with Crippen LogP contribution in [0.4, 0.5) is 15.0 Å². The van der Waals surface area contributed by atoms with Crippen molar-refractivity contribution in [1.29, 1.82) is 0 Å². The average molecular weight is 480 g/mol. The van der Waals surface area contributed by atoms with Crippen molar-refractivity contribution < 1.29 is 18.7 Å². The molecule has 1 aromatic heterocycles. The van der Waals surface area contributed by atoms with E-state index in [0.717, 1.165) is 24.6 Å². The maximum Gasteiger partial charge on any atom is 0.411 e. The largest absolute Gasteiger partial charge is 0.447 e. The van der Waals surface area contributed by atoms with Gasteiger partial charge in [-0.15, -0.1) is 0 Å². The first-order valence-corrected chi connectivity index (χ1v) is 11.1. The number of likely N-dealkylation sites (tertiary alicyclic amines) is 1. The van der Waals surface area contributed by atoms with Crippen molar-refractivity contribution in [2.75, 3.05) is 38.7 Å². The standard InChI is InChI=1S/C21H27ClFN7O3/c1-32-6-7-33-20(31)30-5-3-2-4-21(30,24)12-28-19-16(23)11-27-18(29-19)15-10-26-17-14(15)8-13(22)9-25-17/h8-11,17,25-26H,2-7,12,24H2,1H3,(H,27,28,29)/t17?,21-/m1/s1. The molecule has 178 valence electrons. The summed E-state index contributed by atoms with van der Waals surface area (Å²) < 4.78 is 24.7. The third-order valence-electron chi connectivity index (χ3n) is 5.76. The van der Waals surface area contributed by atoms with E-state index in [0.29, 0.717) is 36.0 Å². The number of amides is 1. The second kappa shape index (κ2) is 9.94. The molecular weight excluding hydrogens is 453 g/mol. The minimum absolute atomic E-state index is 0.00143. The molecule has 5 N–H and O–H groups in total. The summed E-state index contributed by atoms with van der Waals surface area (Å²) in [5, 5.41) is 9.80. The third-order valence-corrected chi connectivity index (χ3v) is 5.98. The minimum atomic E-state index is -1.05. The molecule has 4 heterocycles. The number of allylic oxidation sites excluding steroid dienone is 2. The highest BCUT2D eigenvalue weighted by molar-refractivity contribution is 6.31. The number of nitrogens with two attached hydrogens (primary N) is 1. The van der Waals surface area contributed by atoms with Gasteiger partial charge in [0.1, 0.15) is 18.4 Å². The molecule has 1 saturated heterocycles. The number of nitrogens with one attached hydrogen (secondary N) is 3. The quantitative estimate of drug-likeness (QED) is 0.433. The lowest BCUT2D eigenvalue weighted by atomic mass is 9.96. The first kappa shape index (κ1) is 23.3. The molecule has 3 aliphatic rings. The van der Waals surface area contributed by atoms with E-state index in [-0.39, 0.29) is 25.1 Å². The molecule has 10 nitrogen and oxygen atoms in total. The molecule has 4 rings (SSSR count). The van der Waals surface area contributed by atoms with E-state index in [4.69, 9.17) is 26.8 Å². The third kappa shape index (κ3) is 5.05. The number of fused-ring (bicyclic) bond motifs is 1. The molecule has 3 aliphatic heterocycles. The summed E-state index contributed by atoms with van der Waals surface area (Å²) >= 11 is 6.11. The van der Waals surface area contributed by atoms with Crippen molar-refractivity contribution in [1.82, 2.24) is 25.5 Å². The van der Waals surface area contributed by atoms with Crippen LogP contribution in [0.25, 0.3) is 5.57 Å². The Morgan fingerprint density at radius 1 is 1.39 bits per heavy atom. The van der Waals surface area contributed by atoms with Crippen LogP contribution in [0.3, 0.4) is 0 Å². The van der Waals surface area contributed by atoms with Crippen LogP contribution >= 0.6 is 11.6 Å². The molecule has 0 aromatic carbocycles. The zero-order valence-corrected chi connectivity index (χ0v) is 19.0. The SMILES string of the molecule is COCCOC(=O)N1CCCC[C@]1(N)CNc1nc(C2=CNC3NC=C(Cl)C=C23)ncc1F. The Morgan fingerprint density at radius 2 is 2.21 bits per heavy atom. The van der Waals surface area contributed by atoms with Gasteiger partial charge in [0.25, 0.3) is 0 Å². The Balaban J connectivity index is 1.49. The van der Waals surface area contributed by atoms with E-state index in [1.807, 2.05) is 0 Å². The van der Waals surface area contributed by atoms with Crippen molar-refractivity contribution in [3.63, 3.8) is 0 Å². The number of carbonyl (C=O) groups is 1. The van der Waals surface area contributed by atoms with Gasteiger partial charge in [0, 0.05) is 37.2 Å². The van der Waals surface area contributed by atoms with Crippen molar-refractivity contribution >= 4 is 29.1 Å². The highest BCUT2D eigenvalue weighted by Crippen LogP contribution is 2.31. The summed E-state index contributed by atoms with van der Waals surface area (Å²) in [7, 11) is 1.53. The number of hydrogen-bond acceptors (Lipinski definition) is 9. The van der Waals surface area contributed by atoms with Gasteiger partial charge in [-0.05, 0) is 25.3 Å². The molecule has 0 spiro atoms. The van der Waals surface area contributed by atoms with Gasteiger partial charge in [-0.2, -0.15) is 0 Å². The van der Waals surface area contributed by atoms with E-state index < -0.39 is 17.6 Å². The highest BCUT2D eigenvalue weighted by Gasteiger charge is 2.39. The zero-order valence-electron chi connectivity index (χ0n) is 18.2. The van der Waals surface area contributed by atoms with Gasteiger partial charge in [0.05, 0.1) is 24.4 Å². The highest BCUT2D eigenvalue weighted by atomic mass is 35.5. The first-order chi connectivity index (χ1) is 15.9. The van der Waals surface area contributed by atoms with E-state index >= 15 is 0 Å². The van der Waals surface area contributed by atoms with Crippen LogP contribution in [-0.4, -0.2) is 66.2 Å². The molecule has 2 atom stereocenters. The van der Waals surface area contributed by atoms with Gasteiger partial charge in [-0.3, -0.25) is 4.90 Å². The Bertz CT molecular complexity index is 1000. The van der Waals surface area contributed by atoms with Gasteiger partial charge >= 0.3 is 6.09 Å². The number of halogens is 2. The number of methoxy groups -OCH3 is 1. The minimum Gasteiger partial charge on any atom is -0.447 e. The molecule has 1 amide bonds. The Labute approximate surface area is 196 Å². The second-order valence-corrected chi connectivity index (χ2v) is 8.45. The topological polar surface area (TPSA) is 127 Å². The van der Waals surface area contributed by atoms with Crippen LogP contribution in [0.5, 0.6) is 0 Å². The molecule has 0 radical (unpaired) electrons. The summed E-state index contributed by atoms with van der Waals surface area (Å²) in [6, 6.07) is 0. The summed E-state index contributed by atoms with van der Waals surface area (Å²) in [5.74, 6) is -0.290. The van der Waals surface area contributed by atoms with Crippen LogP contribution in [0, 0.1) is 5.82 Å². The number of carbonyl (C=O) groups excluding carboxylic acids is 1. The molecule has 0 aliphatic carbocycles. The number of piperidine rings is 1. The number of rotatable bonds is 7. The molecule has 12 heteroatoms. The number of ether oxygens (including phenoxy) is 2. The van der Waals surface area contributed by atoms with Gasteiger partial charge in [-0.1, -0.05) is 11.6 Å². The van der Waals surface area contributed by atoms with E-state index in [1.165, 1.54) is 12.0 Å². The Morgan fingerprint density at radius 3 is 3.03 bits per heavy atom. The van der Waals surface area contributed by atoms with Gasteiger partial charge < -0.3 is 31.2 Å². The summed E-state index contributed by atoms with van der Waals surface area (Å²) in [6.45, 7) is 0.978. The fourth-order valence-electron chi connectivity index (χ4n) is 4.00. The zero-order chi connectivity index (χ0) is 23.4. The fraction of sp³-hybridized carbons (Fsp3) is 0.476. The molecule has 1 fully saturated rings. The van der Waals surface area contributed by atoms with Crippen LogP contribution in [-0.2, 0) is 9.47 Å². The fourth-order valence-corrected chi connectivity index (χ4v) is 4.19.